The Morgan fingerprint density at radius 1 is 1.55 bits per heavy atom. The molecular weight excluding hydrogens is 144 g/mol. The molecule has 0 saturated heterocycles. The number of Topliss-reactive ketones (excluding diaryl/α,β-unsaturated/α-hetero) is 1. The standard InChI is InChI=1S/C7H14O.CH2O2/c1-4-7(8)5-6(2)3;2-1-3/h6H,4-5H2,1-3H3;1H,(H,2,3). The Labute approximate surface area is 67.4 Å². The zero-order chi connectivity index (χ0) is 9.28. The van der Waals surface area contributed by atoms with Crippen LogP contribution in [0, 0.1) is 5.92 Å². The second kappa shape index (κ2) is 9.14. The van der Waals surface area contributed by atoms with Crippen LogP contribution in [0.1, 0.15) is 33.6 Å². The van der Waals surface area contributed by atoms with Crippen molar-refractivity contribution in [1.82, 2.24) is 0 Å². The Balaban J connectivity index is 0. The minimum absolute atomic E-state index is 0.250. The van der Waals surface area contributed by atoms with Crippen molar-refractivity contribution < 1.29 is 14.7 Å². The molecule has 0 amide bonds. The van der Waals surface area contributed by atoms with E-state index in [0.717, 1.165) is 6.42 Å². The molecule has 0 heterocycles. The lowest BCUT2D eigenvalue weighted by Crippen LogP contribution is -1.99. The van der Waals surface area contributed by atoms with Gasteiger partial charge < -0.3 is 5.11 Å². The fourth-order valence-electron chi connectivity index (χ4n) is 0.600. The molecule has 0 aliphatic carbocycles. The molecule has 0 aromatic rings. The maximum absolute atomic E-state index is 10.6. The lowest BCUT2D eigenvalue weighted by atomic mass is 10.1. The topological polar surface area (TPSA) is 54.4 Å². The van der Waals surface area contributed by atoms with E-state index in [9.17, 15) is 4.79 Å². The monoisotopic (exact) mass is 160 g/mol. The maximum atomic E-state index is 10.6. The molecule has 0 atom stereocenters. The fourth-order valence-corrected chi connectivity index (χ4v) is 0.600. The number of carbonyl (C=O) groups is 2. The van der Waals surface area contributed by atoms with Crippen molar-refractivity contribution in [1.29, 1.82) is 0 Å². The van der Waals surface area contributed by atoms with Gasteiger partial charge in [0.2, 0.25) is 0 Å². The molecule has 0 aromatic carbocycles. The summed E-state index contributed by atoms with van der Waals surface area (Å²) >= 11 is 0. The van der Waals surface area contributed by atoms with E-state index in [2.05, 4.69) is 13.8 Å². The smallest absolute Gasteiger partial charge is 0.290 e. The highest BCUT2D eigenvalue weighted by molar-refractivity contribution is 5.78. The summed E-state index contributed by atoms with van der Waals surface area (Å²) in [6.45, 7) is 5.78. The van der Waals surface area contributed by atoms with Crippen LogP contribution in [-0.4, -0.2) is 17.4 Å². The van der Waals surface area contributed by atoms with E-state index in [-0.39, 0.29) is 6.47 Å². The van der Waals surface area contributed by atoms with Gasteiger partial charge in [0.1, 0.15) is 5.78 Å². The first-order valence-corrected chi connectivity index (χ1v) is 3.68. The molecule has 0 aliphatic heterocycles. The second-order valence-electron chi connectivity index (χ2n) is 2.60. The van der Waals surface area contributed by atoms with E-state index >= 15 is 0 Å². The van der Waals surface area contributed by atoms with Crippen LogP contribution >= 0.6 is 0 Å². The van der Waals surface area contributed by atoms with Crippen LogP contribution in [0.4, 0.5) is 0 Å². The summed E-state index contributed by atoms with van der Waals surface area (Å²) < 4.78 is 0. The first kappa shape index (κ1) is 12.8. The molecule has 0 unspecified atom stereocenters. The third kappa shape index (κ3) is 17.6. The van der Waals surface area contributed by atoms with E-state index in [0.29, 0.717) is 18.1 Å². The van der Waals surface area contributed by atoms with Gasteiger partial charge in [0.05, 0.1) is 0 Å². The Bertz CT molecular complexity index is 108. The highest BCUT2D eigenvalue weighted by atomic mass is 16.3. The first-order chi connectivity index (χ1) is 5.08. The van der Waals surface area contributed by atoms with E-state index in [1.165, 1.54) is 0 Å². The summed E-state index contributed by atoms with van der Waals surface area (Å²) in [5, 5.41) is 6.89. The first-order valence-electron chi connectivity index (χ1n) is 3.68. The molecule has 0 aliphatic rings. The maximum Gasteiger partial charge on any atom is 0.290 e. The minimum atomic E-state index is -0.250. The van der Waals surface area contributed by atoms with Crippen molar-refractivity contribution in [2.24, 2.45) is 5.92 Å². The van der Waals surface area contributed by atoms with E-state index < -0.39 is 0 Å². The summed E-state index contributed by atoms with van der Waals surface area (Å²) in [6, 6.07) is 0. The highest BCUT2D eigenvalue weighted by Gasteiger charge is 1.99. The van der Waals surface area contributed by atoms with Gasteiger partial charge in [-0.25, -0.2) is 0 Å². The molecule has 3 heteroatoms. The zero-order valence-corrected chi connectivity index (χ0v) is 7.33. The molecule has 3 nitrogen and oxygen atoms in total. The molecule has 0 spiro atoms. The van der Waals surface area contributed by atoms with Gasteiger partial charge in [-0.3, -0.25) is 9.59 Å². The molecule has 1 N–H and O–H groups in total. The van der Waals surface area contributed by atoms with Crippen LogP contribution in [-0.2, 0) is 9.59 Å². The molecule has 0 aromatic heterocycles. The van der Waals surface area contributed by atoms with Gasteiger partial charge in [0.15, 0.2) is 0 Å². The molecule has 11 heavy (non-hydrogen) atoms. The molecule has 0 fully saturated rings. The Morgan fingerprint density at radius 2 is 1.91 bits per heavy atom. The third-order valence-electron chi connectivity index (χ3n) is 1.03. The number of carboxylic acid groups (broad SMARTS) is 1. The van der Waals surface area contributed by atoms with Crippen LogP contribution in [0.5, 0.6) is 0 Å². The average Bonchev–Trinajstić information content (AvgIpc) is 1.88. The lowest BCUT2D eigenvalue weighted by molar-refractivity contribution is -0.123. The summed E-state index contributed by atoms with van der Waals surface area (Å²) in [7, 11) is 0. The van der Waals surface area contributed by atoms with Crippen LogP contribution in [0.2, 0.25) is 0 Å². The third-order valence-corrected chi connectivity index (χ3v) is 1.03. The average molecular weight is 160 g/mol. The van der Waals surface area contributed by atoms with Crippen LogP contribution in [0.15, 0.2) is 0 Å². The van der Waals surface area contributed by atoms with Crippen LogP contribution < -0.4 is 0 Å². The summed E-state index contributed by atoms with van der Waals surface area (Å²) in [5.41, 5.74) is 0. The predicted octanol–water partition coefficient (Wildman–Crippen LogP) is 1.71. The number of hydrogen-bond donors (Lipinski definition) is 1. The van der Waals surface area contributed by atoms with Crippen molar-refractivity contribution >= 4 is 12.3 Å². The van der Waals surface area contributed by atoms with Gasteiger partial charge in [-0.2, -0.15) is 0 Å². The minimum Gasteiger partial charge on any atom is -0.483 e. The van der Waals surface area contributed by atoms with Crippen molar-refractivity contribution in [3.63, 3.8) is 0 Å². The Hall–Kier alpha value is -0.860. The van der Waals surface area contributed by atoms with E-state index in [4.69, 9.17) is 9.90 Å². The fraction of sp³-hybridized carbons (Fsp3) is 0.750. The number of carbonyl (C=O) groups excluding carboxylic acids is 1. The predicted molar refractivity (Wildman–Crippen MR) is 43.4 cm³/mol. The van der Waals surface area contributed by atoms with Crippen molar-refractivity contribution in [3.8, 4) is 0 Å². The molecular formula is C8H16O3. The van der Waals surface area contributed by atoms with Crippen molar-refractivity contribution in [2.45, 2.75) is 33.6 Å². The zero-order valence-electron chi connectivity index (χ0n) is 7.33. The lowest BCUT2D eigenvalue weighted by Gasteiger charge is -1.98. The van der Waals surface area contributed by atoms with Crippen LogP contribution in [0.25, 0.3) is 0 Å². The molecule has 0 bridgehead atoms. The van der Waals surface area contributed by atoms with E-state index in [1.807, 2.05) is 6.92 Å². The highest BCUT2D eigenvalue weighted by Crippen LogP contribution is 2.01. The van der Waals surface area contributed by atoms with Gasteiger partial charge in [0, 0.05) is 12.8 Å². The van der Waals surface area contributed by atoms with Gasteiger partial charge in [-0.1, -0.05) is 20.8 Å². The summed E-state index contributed by atoms with van der Waals surface area (Å²) in [5.74, 6) is 0.905. The number of hydrogen-bond acceptors (Lipinski definition) is 2. The van der Waals surface area contributed by atoms with Crippen molar-refractivity contribution in [3.05, 3.63) is 0 Å². The van der Waals surface area contributed by atoms with Gasteiger partial charge in [-0.15, -0.1) is 0 Å². The molecule has 0 rings (SSSR count). The quantitative estimate of drug-likeness (QED) is 0.639. The molecule has 66 valence electrons. The Kier molecular flexibility index (Phi) is 10.6. The molecule has 0 radical (unpaired) electrons. The largest absolute Gasteiger partial charge is 0.483 e. The van der Waals surface area contributed by atoms with Gasteiger partial charge >= 0.3 is 0 Å². The van der Waals surface area contributed by atoms with Gasteiger partial charge in [0.25, 0.3) is 6.47 Å². The summed E-state index contributed by atoms with van der Waals surface area (Å²) in [4.78, 5) is 19.0. The Morgan fingerprint density at radius 3 is 2.00 bits per heavy atom. The van der Waals surface area contributed by atoms with Crippen molar-refractivity contribution in [2.75, 3.05) is 0 Å². The van der Waals surface area contributed by atoms with Crippen LogP contribution in [0.3, 0.4) is 0 Å². The van der Waals surface area contributed by atoms with Gasteiger partial charge in [-0.05, 0) is 5.92 Å². The SMILES string of the molecule is CCC(=O)CC(C)C.O=CO. The normalized spacial score (nSPS) is 8.36. The van der Waals surface area contributed by atoms with E-state index in [1.54, 1.807) is 0 Å². The molecule has 0 saturated carbocycles. The summed E-state index contributed by atoms with van der Waals surface area (Å²) in [6.07, 6.45) is 1.44. The number of rotatable bonds is 3. The second-order valence-corrected chi connectivity index (χ2v) is 2.60. The number of ketones is 1.